The van der Waals surface area contributed by atoms with Crippen LogP contribution in [0, 0.1) is 0 Å². The number of hydrogen-bond acceptors (Lipinski definition) is 2. The van der Waals surface area contributed by atoms with Crippen LogP contribution >= 0.6 is 11.6 Å². The first-order valence-corrected chi connectivity index (χ1v) is 2.79. The molecule has 0 saturated carbocycles. The molecule has 0 amide bonds. The average molecular weight is 149 g/mol. The smallest absolute Gasteiger partial charge is 0.142 e. The van der Waals surface area contributed by atoms with Gasteiger partial charge in [0, 0.05) is 12.4 Å². The van der Waals surface area contributed by atoms with Gasteiger partial charge in [-0.15, -0.1) is 11.6 Å². The van der Waals surface area contributed by atoms with Crippen LogP contribution in [0.3, 0.4) is 0 Å². The van der Waals surface area contributed by atoms with Gasteiger partial charge in [0.05, 0.1) is 5.88 Å². The summed E-state index contributed by atoms with van der Waals surface area (Å²) in [6.45, 7) is 0. The van der Waals surface area contributed by atoms with Crippen LogP contribution in [0.2, 0.25) is 0 Å². The van der Waals surface area contributed by atoms with Crippen LogP contribution in [-0.2, 0) is 5.88 Å². The van der Waals surface area contributed by atoms with Crippen molar-refractivity contribution in [3.63, 3.8) is 0 Å². The lowest BCUT2D eigenvalue weighted by Crippen LogP contribution is -1.85. The van der Waals surface area contributed by atoms with Crippen molar-refractivity contribution >= 4 is 11.6 Å². The predicted octanol–water partition coefficient (Wildman–Crippen LogP) is 1.37. The van der Waals surface area contributed by atoms with Crippen molar-refractivity contribution < 1.29 is 4.70 Å². The molecule has 4 heteroatoms. The highest BCUT2D eigenvalue weighted by Crippen LogP contribution is 1.90. The molecular weight excluding hydrogens is 143 g/mol. The molecule has 1 rings (SSSR count). The second kappa shape index (κ2) is 4.21. The Labute approximate surface area is 57.3 Å². The van der Waals surface area contributed by atoms with Crippen LogP contribution in [0.4, 0.5) is 4.70 Å². The molecule has 1 aromatic rings. The maximum Gasteiger partial charge on any atom is 0.142 e. The summed E-state index contributed by atoms with van der Waals surface area (Å²) in [7, 11) is 0. The third-order valence-electron chi connectivity index (χ3n) is 0.739. The van der Waals surface area contributed by atoms with E-state index in [4.69, 9.17) is 11.6 Å². The Balaban J connectivity index is 0.000000640. The van der Waals surface area contributed by atoms with Gasteiger partial charge in [-0.2, -0.15) is 0 Å². The van der Waals surface area contributed by atoms with Gasteiger partial charge in [-0.05, 0) is 6.07 Å². The average Bonchev–Trinajstić information content (AvgIpc) is 1.90. The van der Waals surface area contributed by atoms with Crippen molar-refractivity contribution in [2.45, 2.75) is 5.88 Å². The lowest BCUT2D eigenvalue weighted by Gasteiger charge is -1.86. The summed E-state index contributed by atoms with van der Waals surface area (Å²) >= 11 is 5.40. The van der Waals surface area contributed by atoms with E-state index in [9.17, 15) is 0 Å². The minimum Gasteiger partial charge on any atom is -0.269 e. The van der Waals surface area contributed by atoms with Crippen LogP contribution in [-0.4, -0.2) is 9.97 Å². The molecule has 0 radical (unpaired) electrons. The van der Waals surface area contributed by atoms with Crippen molar-refractivity contribution in [1.82, 2.24) is 9.97 Å². The molecule has 1 aromatic heterocycles. The second-order valence-electron chi connectivity index (χ2n) is 1.30. The molecule has 0 aliphatic rings. The summed E-state index contributed by atoms with van der Waals surface area (Å²) in [5.74, 6) is 1.06. The number of alkyl halides is 1. The van der Waals surface area contributed by atoms with Crippen molar-refractivity contribution in [3.05, 3.63) is 24.3 Å². The molecular formula is C5H6ClFN2. The van der Waals surface area contributed by atoms with Crippen LogP contribution < -0.4 is 0 Å². The van der Waals surface area contributed by atoms with Gasteiger partial charge < -0.3 is 0 Å². The summed E-state index contributed by atoms with van der Waals surface area (Å²) in [5, 5.41) is 0. The monoisotopic (exact) mass is 148 g/mol. The third kappa shape index (κ3) is 2.37. The van der Waals surface area contributed by atoms with Gasteiger partial charge >= 0.3 is 0 Å². The maximum absolute atomic E-state index is 5.40. The highest BCUT2D eigenvalue weighted by Gasteiger charge is 1.85. The zero-order chi connectivity index (χ0) is 5.82. The second-order valence-corrected chi connectivity index (χ2v) is 1.57. The van der Waals surface area contributed by atoms with E-state index in [1.165, 1.54) is 0 Å². The number of rotatable bonds is 1. The lowest BCUT2D eigenvalue weighted by atomic mass is 10.6. The zero-order valence-electron chi connectivity index (χ0n) is 4.62. The fourth-order valence-corrected chi connectivity index (χ4v) is 0.537. The minimum atomic E-state index is 0. The molecule has 9 heavy (non-hydrogen) atoms. The maximum atomic E-state index is 5.40. The first-order chi connectivity index (χ1) is 3.93. The summed E-state index contributed by atoms with van der Waals surface area (Å²) in [5.41, 5.74) is 0. The van der Waals surface area contributed by atoms with Crippen LogP contribution in [0.1, 0.15) is 5.82 Å². The first kappa shape index (κ1) is 8.30. The number of halogens is 2. The quantitative estimate of drug-likeness (QED) is 0.563. The Kier molecular flexibility index (Phi) is 3.88. The van der Waals surface area contributed by atoms with E-state index in [1.807, 2.05) is 0 Å². The topological polar surface area (TPSA) is 25.8 Å². The number of hydrogen-bond donors (Lipinski definition) is 0. The van der Waals surface area contributed by atoms with Gasteiger partial charge in [0.15, 0.2) is 0 Å². The summed E-state index contributed by atoms with van der Waals surface area (Å²) in [4.78, 5) is 7.71. The summed E-state index contributed by atoms with van der Waals surface area (Å²) in [6, 6.07) is 1.76. The molecule has 0 aliphatic carbocycles. The zero-order valence-corrected chi connectivity index (χ0v) is 5.38. The van der Waals surface area contributed by atoms with Crippen LogP contribution in [0.25, 0.3) is 0 Å². The molecule has 0 N–H and O–H groups in total. The van der Waals surface area contributed by atoms with E-state index in [-0.39, 0.29) is 4.70 Å². The Morgan fingerprint density at radius 3 is 2.22 bits per heavy atom. The molecule has 2 nitrogen and oxygen atoms in total. The van der Waals surface area contributed by atoms with Gasteiger partial charge in [0.25, 0.3) is 0 Å². The minimum absolute atomic E-state index is 0. The van der Waals surface area contributed by atoms with Gasteiger partial charge in [-0.3, -0.25) is 4.70 Å². The molecule has 1 heterocycles. The molecule has 0 fully saturated rings. The van der Waals surface area contributed by atoms with Crippen molar-refractivity contribution in [2.24, 2.45) is 0 Å². The molecule has 0 unspecified atom stereocenters. The van der Waals surface area contributed by atoms with E-state index in [1.54, 1.807) is 18.5 Å². The predicted molar refractivity (Wildman–Crippen MR) is 34.1 cm³/mol. The Morgan fingerprint density at radius 1 is 1.33 bits per heavy atom. The van der Waals surface area contributed by atoms with Gasteiger partial charge in [-0.1, -0.05) is 0 Å². The lowest BCUT2D eigenvalue weighted by molar-refractivity contribution is 1.03. The van der Waals surface area contributed by atoms with E-state index in [2.05, 4.69) is 9.97 Å². The Morgan fingerprint density at radius 2 is 1.89 bits per heavy atom. The van der Waals surface area contributed by atoms with E-state index < -0.39 is 0 Å². The molecule has 0 aliphatic heterocycles. The van der Waals surface area contributed by atoms with Crippen LogP contribution in [0.15, 0.2) is 18.5 Å². The van der Waals surface area contributed by atoms with Gasteiger partial charge in [0.2, 0.25) is 0 Å². The number of nitrogens with zero attached hydrogens (tertiary/aromatic N) is 2. The first-order valence-electron chi connectivity index (χ1n) is 2.25. The van der Waals surface area contributed by atoms with E-state index in [0.29, 0.717) is 11.7 Å². The largest absolute Gasteiger partial charge is 0.269 e. The summed E-state index contributed by atoms with van der Waals surface area (Å²) in [6.07, 6.45) is 3.34. The molecule has 50 valence electrons. The van der Waals surface area contributed by atoms with Crippen molar-refractivity contribution in [1.29, 1.82) is 0 Å². The van der Waals surface area contributed by atoms with E-state index in [0.717, 1.165) is 0 Å². The van der Waals surface area contributed by atoms with Gasteiger partial charge in [0.1, 0.15) is 5.82 Å². The highest BCUT2D eigenvalue weighted by molar-refractivity contribution is 6.16. The molecule has 0 bridgehead atoms. The molecule has 0 aromatic carbocycles. The fourth-order valence-electron chi connectivity index (χ4n) is 0.399. The fraction of sp³-hybridized carbons (Fsp3) is 0.200. The van der Waals surface area contributed by atoms with E-state index >= 15 is 0 Å². The standard InChI is InChI=1S/C5H5ClN2.FH/c6-4-5-7-2-1-3-8-5;/h1-3H,4H2;1H. The SMILES string of the molecule is ClCc1ncccn1.F. The van der Waals surface area contributed by atoms with Crippen LogP contribution in [0.5, 0.6) is 0 Å². The Hall–Kier alpha value is -0.700. The third-order valence-corrected chi connectivity index (χ3v) is 0.978. The number of aromatic nitrogens is 2. The molecule has 0 saturated heterocycles. The molecule has 0 spiro atoms. The summed E-state index contributed by atoms with van der Waals surface area (Å²) < 4.78 is 0. The Bertz CT molecular complexity index is 156. The normalized spacial score (nSPS) is 8.11. The highest BCUT2D eigenvalue weighted by atomic mass is 35.5. The van der Waals surface area contributed by atoms with Gasteiger partial charge in [-0.25, -0.2) is 9.97 Å². The van der Waals surface area contributed by atoms with Crippen molar-refractivity contribution in [2.75, 3.05) is 0 Å². The van der Waals surface area contributed by atoms with Crippen molar-refractivity contribution in [3.8, 4) is 0 Å². The molecule has 0 atom stereocenters.